The van der Waals surface area contributed by atoms with Gasteiger partial charge in [0.15, 0.2) is 0 Å². The summed E-state index contributed by atoms with van der Waals surface area (Å²) < 4.78 is 28.9. The molecule has 0 spiro atoms. The molecule has 5 N–H and O–H groups in total. The molecule has 0 radical (unpaired) electrons. The van der Waals surface area contributed by atoms with Gasteiger partial charge in [-0.25, -0.2) is 5.48 Å². The van der Waals surface area contributed by atoms with Crippen molar-refractivity contribution >= 4 is 33.4 Å². The molecule has 1 aromatic carbocycles. The summed E-state index contributed by atoms with van der Waals surface area (Å²) in [4.78, 5) is 13.8. The van der Waals surface area contributed by atoms with E-state index in [4.69, 9.17) is 22.5 Å². The van der Waals surface area contributed by atoms with Crippen LogP contribution in [0.3, 0.4) is 0 Å². The molecule has 0 aliphatic carbocycles. The maximum atomic E-state index is 12.6. The van der Waals surface area contributed by atoms with Crippen molar-refractivity contribution in [1.29, 1.82) is 0 Å². The number of unbranched alkanes of at least 4 members (excludes halogenated alkanes) is 1. The number of nitrogens with two attached hydrogens (primary N) is 1. The van der Waals surface area contributed by atoms with Gasteiger partial charge in [0.05, 0.1) is 0 Å². The first-order valence-electron chi connectivity index (χ1n) is 8.79. The highest BCUT2D eigenvalue weighted by Gasteiger charge is 2.31. The molecule has 1 saturated heterocycles. The summed E-state index contributed by atoms with van der Waals surface area (Å²) in [7, 11) is -3.85. The number of rotatable bonds is 9. The van der Waals surface area contributed by atoms with Gasteiger partial charge in [-0.15, -0.1) is 0 Å². The molecule has 1 aliphatic heterocycles. The number of amides is 1. The Labute approximate surface area is 164 Å². The van der Waals surface area contributed by atoms with E-state index in [1.807, 2.05) is 12.1 Å². The predicted octanol–water partition coefficient (Wildman–Crippen LogP) is 0.299. The van der Waals surface area contributed by atoms with Gasteiger partial charge in [0.1, 0.15) is 6.04 Å². The normalized spacial score (nSPS) is 16.9. The summed E-state index contributed by atoms with van der Waals surface area (Å²) in [5, 5.41) is 9.51. The maximum Gasteiger partial charge on any atom is 0.280 e. The highest BCUT2D eigenvalue weighted by Crippen LogP contribution is 2.20. The van der Waals surface area contributed by atoms with Crippen LogP contribution in [-0.4, -0.2) is 62.6 Å². The van der Waals surface area contributed by atoms with E-state index >= 15 is 0 Å². The third kappa shape index (κ3) is 6.30. The molecule has 27 heavy (non-hydrogen) atoms. The second-order valence-corrected chi connectivity index (χ2v) is 8.44. The van der Waals surface area contributed by atoms with Crippen molar-refractivity contribution < 1.29 is 18.4 Å². The number of hydrogen-bond donors (Lipinski definition) is 4. The number of benzene rings is 1. The van der Waals surface area contributed by atoms with Crippen LogP contribution in [0.1, 0.15) is 19.3 Å². The van der Waals surface area contributed by atoms with Gasteiger partial charge in [0.25, 0.3) is 16.1 Å². The topological polar surface area (TPSA) is 128 Å². The van der Waals surface area contributed by atoms with Gasteiger partial charge in [-0.3, -0.25) is 10.0 Å². The van der Waals surface area contributed by atoms with Crippen LogP contribution in [0.5, 0.6) is 0 Å². The Kier molecular flexibility index (Phi) is 8.27. The first-order valence-corrected chi connectivity index (χ1v) is 10.6. The highest BCUT2D eigenvalue weighted by atomic mass is 35.5. The zero-order valence-electron chi connectivity index (χ0n) is 15.0. The first kappa shape index (κ1) is 21.9. The minimum Gasteiger partial charge on any atom is -0.369 e. The number of halogens is 1. The molecule has 0 unspecified atom stereocenters. The fraction of sp³-hybridized carbons (Fsp3) is 0.562. The average Bonchev–Trinajstić information content (AvgIpc) is 2.67. The van der Waals surface area contributed by atoms with Gasteiger partial charge < -0.3 is 10.6 Å². The molecular formula is C16H26ClN5O4S. The quantitative estimate of drug-likeness (QED) is 0.259. The Bertz CT molecular complexity index is 708. The Balaban J connectivity index is 1.95. The van der Waals surface area contributed by atoms with E-state index in [9.17, 15) is 13.2 Å². The molecule has 1 amide bonds. The Morgan fingerprint density at radius 3 is 2.37 bits per heavy atom. The summed E-state index contributed by atoms with van der Waals surface area (Å²) in [5.41, 5.74) is 7.92. The van der Waals surface area contributed by atoms with Crippen LogP contribution in [0.4, 0.5) is 5.69 Å². The Morgan fingerprint density at radius 2 is 1.81 bits per heavy atom. The van der Waals surface area contributed by atoms with E-state index in [2.05, 4.69) is 9.62 Å². The Hall–Kier alpha value is -1.43. The molecule has 9 nitrogen and oxygen atoms in total. The third-order valence-corrected chi connectivity index (χ3v) is 6.31. The molecule has 11 heteroatoms. The lowest BCUT2D eigenvalue weighted by atomic mass is 10.1. The second-order valence-electron chi connectivity index (χ2n) is 6.30. The molecule has 1 aromatic rings. The van der Waals surface area contributed by atoms with E-state index < -0.39 is 22.2 Å². The smallest absolute Gasteiger partial charge is 0.280 e. The van der Waals surface area contributed by atoms with Crippen molar-refractivity contribution in [2.75, 3.05) is 37.6 Å². The lowest BCUT2D eigenvalue weighted by molar-refractivity contribution is -0.131. The predicted molar refractivity (Wildman–Crippen MR) is 104 cm³/mol. The van der Waals surface area contributed by atoms with Crippen LogP contribution < -0.4 is 20.8 Å². The average molecular weight is 420 g/mol. The standard InChI is InChI=1S/C16H26ClN5O4S/c17-13-4-6-14(7-5-13)21-9-11-22(12-10-21)27(25,26)20-15(16(23)19-24)3-1-2-8-18/h4-7,15,20,24H,1-3,8-12,18H2,(H,19,23)/t15-/m1/s1. The summed E-state index contributed by atoms with van der Waals surface area (Å²) in [6.45, 7) is 2.06. The van der Waals surface area contributed by atoms with Crippen LogP contribution in [-0.2, 0) is 15.0 Å². The van der Waals surface area contributed by atoms with E-state index in [0.717, 1.165) is 5.69 Å². The van der Waals surface area contributed by atoms with Crippen molar-refractivity contribution in [1.82, 2.24) is 14.5 Å². The van der Waals surface area contributed by atoms with Crippen molar-refractivity contribution in [2.45, 2.75) is 25.3 Å². The van der Waals surface area contributed by atoms with Crippen LogP contribution in [0, 0.1) is 0 Å². The molecule has 0 aromatic heterocycles. The number of piperazine rings is 1. The van der Waals surface area contributed by atoms with Crippen molar-refractivity contribution in [3.8, 4) is 0 Å². The van der Waals surface area contributed by atoms with Crippen LogP contribution in [0.25, 0.3) is 0 Å². The number of nitrogens with zero attached hydrogens (tertiary/aromatic N) is 2. The molecule has 1 atom stereocenters. The number of nitrogens with one attached hydrogen (secondary N) is 2. The summed E-state index contributed by atoms with van der Waals surface area (Å²) in [5.74, 6) is -0.782. The number of anilines is 1. The molecule has 1 aliphatic rings. The second kappa shape index (κ2) is 10.2. The molecule has 1 heterocycles. The third-order valence-electron chi connectivity index (χ3n) is 4.44. The minimum atomic E-state index is -3.85. The minimum absolute atomic E-state index is 0.258. The van der Waals surface area contributed by atoms with Crippen LogP contribution in [0.2, 0.25) is 5.02 Å². The SMILES string of the molecule is NCCCC[C@@H](NS(=O)(=O)N1CCN(c2ccc(Cl)cc2)CC1)C(=O)NO. The van der Waals surface area contributed by atoms with Gasteiger partial charge in [-0.05, 0) is 43.7 Å². The fourth-order valence-electron chi connectivity index (χ4n) is 2.91. The van der Waals surface area contributed by atoms with Gasteiger partial charge in [-0.2, -0.15) is 17.4 Å². The first-order chi connectivity index (χ1) is 12.9. The van der Waals surface area contributed by atoms with Crippen molar-refractivity contribution in [2.24, 2.45) is 5.73 Å². The molecule has 2 rings (SSSR count). The molecular weight excluding hydrogens is 394 g/mol. The number of carbonyl (C=O) groups is 1. The van der Waals surface area contributed by atoms with Crippen LogP contribution in [0.15, 0.2) is 24.3 Å². The zero-order valence-corrected chi connectivity index (χ0v) is 16.5. The molecule has 1 fully saturated rings. The molecule has 0 saturated carbocycles. The number of carbonyl (C=O) groups excluding carboxylic acids is 1. The van der Waals surface area contributed by atoms with Crippen molar-refractivity contribution in [3.05, 3.63) is 29.3 Å². The summed E-state index contributed by atoms with van der Waals surface area (Å²) >= 11 is 5.89. The summed E-state index contributed by atoms with van der Waals surface area (Å²) in [6, 6.07) is 6.33. The highest BCUT2D eigenvalue weighted by molar-refractivity contribution is 7.87. The van der Waals surface area contributed by atoms with E-state index in [1.54, 1.807) is 12.1 Å². The lowest BCUT2D eigenvalue weighted by Gasteiger charge is -2.35. The van der Waals surface area contributed by atoms with E-state index in [0.29, 0.717) is 37.5 Å². The Morgan fingerprint density at radius 1 is 1.19 bits per heavy atom. The zero-order chi connectivity index (χ0) is 19.9. The fourth-order valence-corrected chi connectivity index (χ4v) is 4.41. The molecule has 152 valence electrons. The van der Waals surface area contributed by atoms with Gasteiger partial charge in [0.2, 0.25) is 0 Å². The number of hydroxylamine groups is 1. The maximum absolute atomic E-state index is 12.6. The monoisotopic (exact) mass is 419 g/mol. The van der Waals surface area contributed by atoms with Gasteiger partial charge >= 0.3 is 0 Å². The summed E-state index contributed by atoms with van der Waals surface area (Å²) in [6.07, 6.45) is 1.49. The van der Waals surface area contributed by atoms with E-state index in [-0.39, 0.29) is 19.5 Å². The lowest BCUT2D eigenvalue weighted by Crippen LogP contribution is -2.56. The van der Waals surface area contributed by atoms with E-state index in [1.165, 1.54) is 9.79 Å². The van der Waals surface area contributed by atoms with Gasteiger partial charge in [0, 0.05) is 36.9 Å². The van der Waals surface area contributed by atoms with Crippen LogP contribution >= 0.6 is 11.6 Å². The van der Waals surface area contributed by atoms with Gasteiger partial charge in [-0.1, -0.05) is 18.0 Å². The molecule has 0 bridgehead atoms. The number of hydrogen-bond acceptors (Lipinski definition) is 6. The largest absolute Gasteiger partial charge is 0.369 e. The van der Waals surface area contributed by atoms with Crippen molar-refractivity contribution in [3.63, 3.8) is 0 Å².